The van der Waals surface area contributed by atoms with E-state index in [2.05, 4.69) is 20.3 Å². The Bertz CT molecular complexity index is 1050. The van der Waals surface area contributed by atoms with E-state index >= 15 is 0 Å². The lowest BCUT2D eigenvalue weighted by molar-refractivity contribution is -0.137. The topological polar surface area (TPSA) is 90.6 Å². The van der Waals surface area contributed by atoms with E-state index in [1.807, 2.05) is 0 Å². The molecule has 3 aromatic rings. The first kappa shape index (κ1) is 18.0. The van der Waals surface area contributed by atoms with Gasteiger partial charge < -0.3 is 0 Å². The summed E-state index contributed by atoms with van der Waals surface area (Å²) in [5.41, 5.74) is -0.698. The summed E-state index contributed by atoms with van der Waals surface area (Å²) in [5.74, 6) is -0.232. The Morgan fingerprint density at radius 3 is 2.62 bits per heavy atom. The molecular weight excluding hydrogens is 371 g/mol. The van der Waals surface area contributed by atoms with Gasteiger partial charge in [-0.15, -0.1) is 5.10 Å². The van der Waals surface area contributed by atoms with Gasteiger partial charge in [-0.1, -0.05) is 12.1 Å². The molecule has 0 aromatic carbocycles. The van der Waals surface area contributed by atoms with Gasteiger partial charge in [-0.05, 0) is 24.3 Å². The SMILES string of the molecule is CCS(=O)(=O)c1cccnc1-c1cn(-c2cc(C(F)(F)F)ccn2)nn1. The summed E-state index contributed by atoms with van der Waals surface area (Å²) in [6.45, 7) is 1.50. The Balaban J connectivity index is 2.06. The second-order valence-electron chi connectivity index (χ2n) is 5.20. The van der Waals surface area contributed by atoms with Crippen molar-refractivity contribution in [3.05, 3.63) is 48.4 Å². The Hall–Kier alpha value is -2.82. The molecule has 0 spiro atoms. The van der Waals surface area contributed by atoms with Crippen LogP contribution in [0.1, 0.15) is 12.5 Å². The van der Waals surface area contributed by atoms with Gasteiger partial charge in [0.2, 0.25) is 0 Å². The zero-order chi connectivity index (χ0) is 18.9. The first-order valence-electron chi connectivity index (χ1n) is 7.36. The van der Waals surface area contributed by atoms with Crippen LogP contribution >= 0.6 is 0 Å². The molecule has 0 atom stereocenters. The monoisotopic (exact) mass is 383 g/mol. The highest BCUT2D eigenvalue weighted by Gasteiger charge is 2.31. The maximum atomic E-state index is 12.8. The average Bonchev–Trinajstić information content (AvgIpc) is 3.11. The molecule has 0 fully saturated rings. The Labute approximate surface area is 146 Å². The molecule has 0 bridgehead atoms. The van der Waals surface area contributed by atoms with Crippen molar-refractivity contribution in [3.8, 4) is 17.2 Å². The van der Waals surface area contributed by atoms with Crippen molar-refractivity contribution in [1.29, 1.82) is 0 Å². The lowest BCUT2D eigenvalue weighted by atomic mass is 10.2. The van der Waals surface area contributed by atoms with Gasteiger partial charge >= 0.3 is 6.18 Å². The lowest BCUT2D eigenvalue weighted by Crippen LogP contribution is -2.07. The lowest BCUT2D eigenvalue weighted by Gasteiger charge is -2.07. The summed E-state index contributed by atoms with van der Waals surface area (Å²) in [4.78, 5) is 7.85. The molecule has 0 unspecified atom stereocenters. The van der Waals surface area contributed by atoms with Gasteiger partial charge in [0.05, 0.1) is 22.4 Å². The normalized spacial score (nSPS) is 12.3. The average molecular weight is 383 g/mol. The Morgan fingerprint density at radius 1 is 1.15 bits per heavy atom. The molecule has 0 saturated carbocycles. The van der Waals surface area contributed by atoms with Crippen LogP contribution in [0.25, 0.3) is 17.2 Å². The molecule has 3 rings (SSSR count). The summed E-state index contributed by atoms with van der Waals surface area (Å²) < 4.78 is 63.9. The van der Waals surface area contributed by atoms with Gasteiger partial charge in [0, 0.05) is 12.4 Å². The van der Waals surface area contributed by atoms with E-state index in [0.29, 0.717) is 0 Å². The quantitative estimate of drug-likeness (QED) is 0.688. The van der Waals surface area contributed by atoms with Crippen LogP contribution < -0.4 is 0 Å². The van der Waals surface area contributed by atoms with Crippen molar-refractivity contribution in [2.24, 2.45) is 0 Å². The van der Waals surface area contributed by atoms with Crippen molar-refractivity contribution in [2.45, 2.75) is 18.0 Å². The number of pyridine rings is 2. The van der Waals surface area contributed by atoms with Crippen LogP contribution in [0.4, 0.5) is 13.2 Å². The van der Waals surface area contributed by atoms with Crippen LogP contribution in [0.2, 0.25) is 0 Å². The molecule has 0 saturated heterocycles. The minimum absolute atomic E-state index is 0.0217. The second-order valence-corrected chi connectivity index (χ2v) is 7.45. The molecule has 0 aliphatic rings. The van der Waals surface area contributed by atoms with Crippen molar-refractivity contribution in [1.82, 2.24) is 25.0 Å². The molecule has 136 valence electrons. The molecule has 7 nitrogen and oxygen atoms in total. The third kappa shape index (κ3) is 3.43. The van der Waals surface area contributed by atoms with Gasteiger partial charge in [-0.3, -0.25) is 4.98 Å². The fourth-order valence-corrected chi connectivity index (χ4v) is 3.24. The van der Waals surface area contributed by atoms with E-state index < -0.39 is 21.6 Å². The summed E-state index contributed by atoms with van der Waals surface area (Å²) in [6.07, 6.45) is -0.844. The van der Waals surface area contributed by atoms with E-state index in [4.69, 9.17) is 0 Å². The smallest absolute Gasteiger partial charge is 0.253 e. The number of alkyl halides is 3. The summed E-state index contributed by atoms with van der Waals surface area (Å²) >= 11 is 0. The number of hydrogen-bond acceptors (Lipinski definition) is 6. The molecular formula is C15H12F3N5O2S. The zero-order valence-corrected chi connectivity index (χ0v) is 14.2. The van der Waals surface area contributed by atoms with E-state index in [1.165, 1.54) is 31.5 Å². The van der Waals surface area contributed by atoms with Crippen LogP contribution in [0.15, 0.2) is 47.8 Å². The molecule has 0 aliphatic carbocycles. The van der Waals surface area contributed by atoms with Crippen molar-refractivity contribution >= 4 is 9.84 Å². The fraction of sp³-hybridized carbons (Fsp3) is 0.200. The predicted octanol–water partition coefficient (Wildman–Crippen LogP) is 2.54. The maximum absolute atomic E-state index is 12.8. The Morgan fingerprint density at radius 2 is 1.92 bits per heavy atom. The number of halogens is 3. The van der Waals surface area contributed by atoms with Gasteiger partial charge in [-0.25, -0.2) is 18.1 Å². The van der Waals surface area contributed by atoms with Crippen LogP contribution in [-0.4, -0.2) is 39.1 Å². The van der Waals surface area contributed by atoms with Gasteiger partial charge in [0.1, 0.15) is 11.4 Å². The number of rotatable bonds is 4. The summed E-state index contributed by atoms with van der Waals surface area (Å²) in [5, 5.41) is 7.56. The predicted molar refractivity (Wildman–Crippen MR) is 85.1 cm³/mol. The summed E-state index contributed by atoms with van der Waals surface area (Å²) in [6, 6.07) is 4.53. The van der Waals surface area contributed by atoms with E-state index in [1.54, 1.807) is 0 Å². The van der Waals surface area contributed by atoms with Gasteiger partial charge in [0.15, 0.2) is 15.7 Å². The first-order valence-corrected chi connectivity index (χ1v) is 9.01. The second kappa shape index (κ2) is 6.48. The molecule has 0 radical (unpaired) electrons. The highest BCUT2D eigenvalue weighted by Crippen LogP contribution is 2.30. The molecule has 0 aliphatic heterocycles. The fourth-order valence-electron chi connectivity index (χ4n) is 2.19. The summed E-state index contributed by atoms with van der Waals surface area (Å²) in [7, 11) is -3.56. The van der Waals surface area contributed by atoms with Crippen LogP contribution in [0, 0.1) is 0 Å². The zero-order valence-electron chi connectivity index (χ0n) is 13.3. The minimum Gasteiger partial charge on any atom is -0.253 e. The molecule has 3 aromatic heterocycles. The van der Waals surface area contributed by atoms with Crippen molar-refractivity contribution < 1.29 is 21.6 Å². The van der Waals surface area contributed by atoms with Crippen LogP contribution in [-0.2, 0) is 16.0 Å². The van der Waals surface area contributed by atoms with E-state index in [0.717, 1.165) is 23.0 Å². The highest BCUT2D eigenvalue weighted by molar-refractivity contribution is 7.91. The van der Waals surface area contributed by atoms with Gasteiger partial charge in [-0.2, -0.15) is 13.2 Å². The molecule has 26 heavy (non-hydrogen) atoms. The largest absolute Gasteiger partial charge is 0.416 e. The minimum atomic E-state index is -4.52. The third-order valence-corrected chi connectivity index (χ3v) is 5.29. The molecule has 0 amide bonds. The van der Waals surface area contributed by atoms with E-state index in [9.17, 15) is 21.6 Å². The number of aromatic nitrogens is 5. The standard InChI is InChI=1S/C15H12F3N5O2S/c1-2-26(24,25)12-4-3-6-20-14(12)11-9-23(22-21-11)13-8-10(5-7-19-13)15(16,17)18/h3-9H,2H2,1H3. The third-order valence-electron chi connectivity index (χ3n) is 3.53. The highest BCUT2D eigenvalue weighted by atomic mass is 32.2. The van der Waals surface area contributed by atoms with Crippen LogP contribution in [0.5, 0.6) is 0 Å². The molecule has 11 heteroatoms. The number of nitrogens with zero attached hydrogens (tertiary/aromatic N) is 5. The Kier molecular flexibility index (Phi) is 4.48. The number of hydrogen-bond donors (Lipinski definition) is 0. The van der Waals surface area contributed by atoms with Crippen molar-refractivity contribution in [2.75, 3.05) is 5.75 Å². The van der Waals surface area contributed by atoms with E-state index in [-0.39, 0.29) is 27.9 Å². The van der Waals surface area contributed by atoms with Gasteiger partial charge in [0.25, 0.3) is 0 Å². The maximum Gasteiger partial charge on any atom is 0.416 e. The molecule has 0 N–H and O–H groups in total. The van der Waals surface area contributed by atoms with Crippen molar-refractivity contribution in [3.63, 3.8) is 0 Å². The first-order chi connectivity index (χ1) is 12.2. The van der Waals surface area contributed by atoms with Crippen LogP contribution in [0.3, 0.4) is 0 Å². The number of sulfone groups is 1. The molecule has 3 heterocycles.